The summed E-state index contributed by atoms with van der Waals surface area (Å²) in [5.74, 6) is -1.35. The summed E-state index contributed by atoms with van der Waals surface area (Å²) in [5.41, 5.74) is 7.03. The minimum atomic E-state index is -0.701. The molecule has 0 radical (unpaired) electrons. The van der Waals surface area contributed by atoms with Crippen LogP contribution in [-0.4, -0.2) is 11.5 Å². The Kier molecular flexibility index (Phi) is 4.41. The Morgan fingerprint density at radius 2 is 1.95 bits per heavy atom. The summed E-state index contributed by atoms with van der Waals surface area (Å²) in [6.07, 6.45) is 1.60. The third-order valence-electron chi connectivity index (χ3n) is 2.78. The zero-order valence-electron chi connectivity index (χ0n) is 10.3. The third kappa shape index (κ3) is 3.72. The number of pyridine rings is 1. The van der Waals surface area contributed by atoms with E-state index in [0.717, 1.165) is 17.8 Å². The Morgan fingerprint density at radius 1 is 1.21 bits per heavy atom. The van der Waals surface area contributed by atoms with Crippen molar-refractivity contribution in [2.45, 2.75) is 12.5 Å². The first-order chi connectivity index (χ1) is 9.16. The van der Waals surface area contributed by atoms with Gasteiger partial charge in [0.05, 0.1) is 6.20 Å². The van der Waals surface area contributed by atoms with E-state index < -0.39 is 11.6 Å². The lowest BCUT2D eigenvalue weighted by Gasteiger charge is -2.13. The van der Waals surface area contributed by atoms with Gasteiger partial charge >= 0.3 is 0 Å². The number of rotatable bonds is 5. The predicted molar refractivity (Wildman–Crippen MR) is 70.6 cm³/mol. The van der Waals surface area contributed by atoms with Gasteiger partial charge in [-0.05, 0) is 12.0 Å². The molecule has 0 amide bonds. The fraction of sp³-hybridized carbons (Fsp3) is 0.214. The van der Waals surface area contributed by atoms with E-state index in [4.69, 9.17) is 5.73 Å². The molecule has 1 unspecified atom stereocenters. The Labute approximate surface area is 110 Å². The second kappa shape index (κ2) is 6.24. The number of anilines is 1. The molecule has 100 valence electrons. The summed E-state index contributed by atoms with van der Waals surface area (Å²) in [5, 5.41) is 2.81. The van der Waals surface area contributed by atoms with Crippen molar-refractivity contribution in [3.05, 3.63) is 59.8 Å². The minimum absolute atomic E-state index is 0.0432. The van der Waals surface area contributed by atoms with E-state index in [1.54, 1.807) is 0 Å². The van der Waals surface area contributed by atoms with Crippen molar-refractivity contribution in [2.24, 2.45) is 5.73 Å². The summed E-state index contributed by atoms with van der Waals surface area (Å²) in [6.45, 7) is 0.464. The molecule has 0 saturated heterocycles. The molecule has 0 fully saturated rings. The molecule has 0 spiro atoms. The van der Waals surface area contributed by atoms with Crippen LogP contribution in [0.15, 0.2) is 42.6 Å². The number of nitrogens with one attached hydrogen (secondary N) is 1. The van der Waals surface area contributed by atoms with Gasteiger partial charge in [-0.3, -0.25) is 0 Å². The van der Waals surface area contributed by atoms with E-state index in [-0.39, 0.29) is 11.9 Å². The lowest BCUT2D eigenvalue weighted by atomic mass is 10.1. The summed E-state index contributed by atoms with van der Waals surface area (Å²) in [6, 6.07) is 10.3. The van der Waals surface area contributed by atoms with Crippen LogP contribution >= 0.6 is 0 Å². The first kappa shape index (κ1) is 13.4. The third-order valence-corrected chi connectivity index (χ3v) is 2.78. The van der Waals surface area contributed by atoms with Crippen LogP contribution in [0, 0.1) is 11.6 Å². The van der Waals surface area contributed by atoms with E-state index in [0.29, 0.717) is 13.0 Å². The normalized spacial score (nSPS) is 12.2. The first-order valence-electron chi connectivity index (χ1n) is 6.02. The quantitative estimate of drug-likeness (QED) is 0.872. The number of hydrogen-bond donors (Lipinski definition) is 2. The van der Waals surface area contributed by atoms with Gasteiger partial charge in [-0.1, -0.05) is 30.3 Å². The fourth-order valence-electron chi connectivity index (χ4n) is 1.76. The van der Waals surface area contributed by atoms with Crippen LogP contribution < -0.4 is 11.1 Å². The number of halogens is 2. The highest BCUT2D eigenvalue weighted by Gasteiger charge is 2.07. The lowest BCUT2D eigenvalue weighted by Crippen LogP contribution is -2.16. The van der Waals surface area contributed by atoms with Crippen LogP contribution in [0.4, 0.5) is 14.6 Å². The number of aromatic nitrogens is 1. The highest BCUT2D eigenvalue weighted by molar-refractivity contribution is 5.35. The van der Waals surface area contributed by atoms with Crippen molar-refractivity contribution >= 4 is 5.82 Å². The number of nitrogens with two attached hydrogens (primary N) is 1. The SMILES string of the molecule is NC(CCNc1ncc(F)cc1F)c1ccccc1. The van der Waals surface area contributed by atoms with Crippen molar-refractivity contribution in [3.63, 3.8) is 0 Å². The maximum Gasteiger partial charge on any atom is 0.168 e. The first-order valence-corrected chi connectivity index (χ1v) is 6.02. The summed E-state index contributed by atoms with van der Waals surface area (Å²) in [7, 11) is 0. The average molecular weight is 263 g/mol. The zero-order chi connectivity index (χ0) is 13.7. The largest absolute Gasteiger partial charge is 0.368 e. The summed E-state index contributed by atoms with van der Waals surface area (Å²) >= 11 is 0. The number of benzene rings is 1. The topological polar surface area (TPSA) is 50.9 Å². The van der Waals surface area contributed by atoms with Gasteiger partial charge in [0.25, 0.3) is 0 Å². The van der Waals surface area contributed by atoms with Crippen LogP contribution in [-0.2, 0) is 0 Å². The van der Waals surface area contributed by atoms with Crippen LogP contribution in [0.2, 0.25) is 0 Å². The van der Waals surface area contributed by atoms with Gasteiger partial charge in [0.2, 0.25) is 0 Å². The van der Waals surface area contributed by atoms with Crippen LogP contribution in [0.5, 0.6) is 0 Å². The summed E-state index contributed by atoms with van der Waals surface area (Å²) in [4.78, 5) is 3.65. The van der Waals surface area contributed by atoms with E-state index in [9.17, 15) is 8.78 Å². The maximum atomic E-state index is 13.3. The second-order valence-corrected chi connectivity index (χ2v) is 4.22. The minimum Gasteiger partial charge on any atom is -0.368 e. The molecule has 0 aliphatic carbocycles. The molecule has 0 saturated carbocycles. The molecule has 1 aromatic heterocycles. The molecular weight excluding hydrogens is 248 g/mol. The van der Waals surface area contributed by atoms with Crippen LogP contribution in [0.25, 0.3) is 0 Å². The molecule has 0 aliphatic rings. The van der Waals surface area contributed by atoms with Crippen molar-refractivity contribution in [1.29, 1.82) is 0 Å². The smallest absolute Gasteiger partial charge is 0.168 e. The molecule has 1 heterocycles. The molecule has 2 aromatic rings. The average Bonchev–Trinajstić information content (AvgIpc) is 2.42. The monoisotopic (exact) mass is 263 g/mol. The van der Waals surface area contributed by atoms with Gasteiger partial charge in [0, 0.05) is 18.7 Å². The fourth-order valence-corrected chi connectivity index (χ4v) is 1.76. The van der Waals surface area contributed by atoms with E-state index in [1.165, 1.54) is 0 Å². The maximum absolute atomic E-state index is 13.3. The van der Waals surface area contributed by atoms with Crippen molar-refractivity contribution in [2.75, 3.05) is 11.9 Å². The second-order valence-electron chi connectivity index (χ2n) is 4.22. The molecule has 1 atom stereocenters. The van der Waals surface area contributed by atoms with Gasteiger partial charge in [0.1, 0.15) is 5.82 Å². The van der Waals surface area contributed by atoms with Gasteiger partial charge in [0.15, 0.2) is 11.6 Å². The molecule has 19 heavy (non-hydrogen) atoms. The van der Waals surface area contributed by atoms with Crippen molar-refractivity contribution in [3.8, 4) is 0 Å². The standard InChI is InChI=1S/C14H15F2N3/c15-11-8-12(16)14(19-9-11)18-7-6-13(17)10-4-2-1-3-5-10/h1-5,8-9,13H,6-7,17H2,(H,18,19). The number of nitrogens with zero attached hydrogens (tertiary/aromatic N) is 1. The Bertz CT molecular complexity index is 531. The zero-order valence-corrected chi connectivity index (χ0v) is 10.3. The molecule has 2 rings (SSSR count). The molecule has 5 heteroatoms. The Balaban J connectivity index is 1.86. The molecule has 3 N–H and O–H groups in total. The van der Waals surface area contributed by atoms with E-state index in [1.807, 2.05) is 30.3 Å². The van der Waals surface area contributed by atoms with Gasteiger partial charge < -0.3 is 11.1 Å². The van der Waals surface area contributed by atoms with Gasteiger partial charge in [-0.25, -0.2) is 13.8 Å². The van der Waals surface area contributed by atoms with Crippen molar-refractivity contribution in [1.82, 2.24) is 4.98 Å². The molecule has 3 nitrogen and oxygen atoms in total. The van der Waals surface area contributed by atoms with Crippen LogP contribution in [0.1, 0.15) is 18.0 Å². The number of hydrogen-bond acceptors (Lipinski definition) is 3. The lowest BCUT2D eigenvalue weighted by molar-refractivity contribution is 0.574. The molecule has 1 aromatic carbocycles. The molecular formula is C14H15F2N3. The molecule has 0 bridgehead atoms. The highest BCUT2D eigenvalue weighted by Crippen LogP contribution is 2.15. The Hall–Kier alpha value is -2.01. The Morgan fingerprint density at radius 3 is 2.63 bits per heavy atom. The highest BCUT2D eigenvalue weighted by atomic mass is 19.1. The van der Waals surface area contributed by atoms with Gasteiger partial charge in [-0.15, -0.1) is 0 Å². The van der Waals surface area contributed by atoms with E-state index in [2.05, 4.69) is 10.3 Å². The summed E-state index contributed by atoms with van der Waals surface area (Å²) < 4.78 is 26.0. The van der Waals surface area contributed by atoms with Crippen molar-refractivity contribution < 1.29 is 8.78 Å². The van der Waals surface area contributed by atoms with Crippen LogP contribution in [0.3, 0.4) is 0 Å². The molecule has 0 aliphatic heterocycles. The van der Waals surface area contributed by atoms with E-state index >= 15 is 0 Å². The van der Waals surface area contributed by atoms with Gasteiger partial charge in [-0.2, -0.15) is 0 Å². The predicted octanol–water partition coefficient (Wildman–Crippen LogP) is 2.86.